The number of imide groups is 1. The average Bonchev–Trinajstić information content (AvgIpc) is 2.57. The predicted octanol–water partition coefficient (Wildman–Crippen LogP) is 1.79. The molecule has 6 nitrogen and oxygen atoms in total. The van der Waals surface area contributed by atoms with Crippen LogP contribution in [0.25, 0.3) is 0 Å². The summed E-state index contributed by atoms with van der Waals surface area (Å²) in [6.07, 6.45) is 4.49. The van der Waals surface area contributed by atoms with Crippen LogP contribution in [0.15, 0.2) is 18.2 Å². The van der Waals surface area contributed by atoms with Gasteiger partial charge in [-0.15, -0.1) is 0 Å². The summed E-state index contributed by atoms with van der Waals surface area (Å²) in [5, 5.41) is 5.72. The second kappa shape index (κ2) is 6.91. The van der Waals surface area contributed by atoms with Crippen molar-refractivity contribution in [2.45, 2.75) is 44.6 Å². The first kappa shape index (κ1) is 17.3. The Labute approximate surface area is 154 Å². The van der Waals surface area contributed by atoms with Gasteiger partial charge in [0.2, 0.25) is 12.3 Å². The van der Waals surface area contributed by atoms with Crippen LogP contribution in [0.1, 0.15) is 44.1 Å². The first-order valence-electron chi connectivity index (χ1n) is 9.64. The highest BCUT2D eigenvalue weighted by molar-refractivity contribution is 5.92. The van der Waals surface area contributed by atoms with Gasteiger partial charge in [0.15, 0.2) is 0 Å². The first-order chi connectivity index (χ1) is 12.7. The fourth-order valence-electron chi connectivity index (χ4n) is 4.77. The molecule has 1 aliphatic carbocycles. The summed E-state index contributed by atoms with van der Waals surface area (Å²) in [6, 6.07) is 5.94. The highest BCUT2D eigenvalue weighted by Gasteiger charge is 2.49. The maximum absolute atomic E-state index is 12.4. The highest BCUT2D eigenvalue weighted by atomic mass is 16.5. The summed E-state index contributed by atoms with van der Waals surface area (Å²) in [6.45, 7) is 5.55. The minimum absolute atomic E-state index is 0.233. The Morgan fingerprint density at radius 1 is 1.46 bits per heavy atom. The van der Waals surface area contributed by atoms with Crippen molar-refractivity contribution in [3.63, 3.8) is 0 Å². The Morgan fingerprint density at radius 2 is 2.27 bits per heavy atom. The monoisotopic (exact) mass is 357 g/mol. The van der Waals surface area contributed by atoms with Crippen LogP contribution in [0, 0.1) is 5.41 Å². The normalized spacial score (nSPS) is 21.8. The van der Waals surface area contributed by atoms with Crippen molar-refractivity contribution in [1.29, 1.82) is 0 Å². The number of amides is 2. The summed E-state index contributed by atoms with van der Waals surface area (Å²) in [7, 11) is 0. The molecule has 4 rings (SSSR count). The molecule has 1 unspecified atom stereocenters. The van der Waals surface area contributed by atoms with Crippen LogP contribution in [0.2, 0.25) is 0 Å². The summed E-state index contributed by atoms with van der Waals surface area (Å²) in [5.41, 5.74) is 2.77. The fourth-order valence-corrected chi connectivity index (χ4v) is 4.77. The molecule has 1 aromatic carbocycles. The van der Waals surface area contributed by atoms with Gasteiger partial charge in [-0.05, 0) is 42.2 Å². The molecule has 2 amide bonds. The number of carbonyl (C=O) groups is 2. The number of hydrogen-bond donors (Lipinski definition) is 2. The lowest BCUT2D eigenvalue weighted by molar-refractivity contribution is -0.126. The van der Waals surface area contributed by atoms with E-state index in [1.165, 1.54) is 18.4 Å². The average molecular weight is 357 g/mol. The number of anilines is 1. The second-order valence-corrected chi connectivity index (χ2v) is 7.88. The van der Waals surface area contributed by atoms with Crippen LogP contribution in [-0.4, -0.2) is 44.6 Å². The summed E-state index contributed by atoms with van der Waals surface area (Å²) >= 11 is 0. The second-order valence-electron chi connectivity index (χ2n) is 7.88. The Morgan fingerprint density at radius 3 is 2.92 bits per heavy atom. The van der Waals surface area contributed by atoms with Gasteiger partial charge >= 0.3 is 0 Å². The molecule has 1 atom stereocenters. The number of carbonyl (C=O) groups excluding carboxylic acids is 2. The van der Waals surface area contributed by atoms with E-state index >= 15 is 0 Å². The van der Waals surface area contributed by atoms with E-state index in [4.69, 9.17) is 4.74 Å². The van der Waals surface area contributed by atoms with E-state index in [0.717, 1.165) is 30.9 Å². The van der Waals surface area contributed by atoms with Crippen molar-refractivity contribution in [2.24, 2.45) is 5.41 Å². The Hall–Kier alpha value is -2.08. The van der Waals surface area contributed by atoms with E-state index < -0.39 is 0 Å². The van der Waals surface area contributed by atoms with Gasteiger partial charge in [-0.2, -0.15) is 0 Å². The highest BCUT2D eigenvalue weighted by Crippen LogP contribution is 2.56. The molecule has 2 aliphatic heterocycles. The van der Waals surface area contributed by atoms with Gasteiger partial charge in [0.05, 0.1) is 12.2 Å². The molecule has 1 spiro atoms. The molecule has 3 aliphatic rings. The number of para-hydroxylation sites is 1. The van der Waals surface area contributed by atoms with E-state index in [1.807, 2.05) is 6.07 Å². The molecule has 1 saturated carbocycles. The van der Waals surface area contributed by atoms with Crippen molar-refractivity contribution in [2.75, 3.05) is 31.1 Å². The van der Waals surface area contributed by atoms with Gasteiger partial charge in [0.25, 0.3) is 0 Å². The van der Waals surface area contributed by atoms with Crippen LogP contribution in [0.5, 0.6) is 5.75 Å². The molecule has 2 heterocycles. The number of benzene rings is 1. The third-order valence-electron chi connectivity index (χ3n) is 6.15. The van der Waals surface area contributed by atoms with Gasteiger partial charge in [-0.3, -0.25) is 14.9 Å². The van der Waals surface area contributed by atoms with Crippen LogP contribution < -0.4 is 20.3 Å². The number of ether oxygens (including phenoxy) is 1. The van der Waals surface area contributed by atoms with Gasteiger partial charge in [0, 0.05) is 13.1 Å². The fraction of sp³-hybridized carbons (Fsp3) is 0.600. The molecule has 1 aromatic rings. The molecule has 6 heteroatoms. The van der Waals surface area contributed by atoms with E-state index in [0.29, 0.717) is 37.3 Å². The van der Waals surface area contributed by atoms with Crippen molar-refractivity contribution in [3.05, 3.63) is 23.8 Å². The molecule has 0 bridgehead atoms. The van der Waals surface area contributed by atoms with Gasteiger partial charge in [-0.25, -0.2) is 0 Å². The van der Waals surface area contributed by atoms with Gasteiger partial charge < -0.3 is 15.0 Å². The van der Waals surface area contributed by atoms with Crippen molar-refractivity contribution < 1.29 is 14.3 Å². The molecule has 26 heavy (non-hydrogen) atoms. The van der Waals surface area contributed by atoms with Crippen LogP contribution in [0.3, 0.4) is 0 Å². The molecular formula is C20H27N3O3. The number of nitrogens with zero attached hydrogens (tertiary/aromatic N) is 1. The quantitative estimate of drug-likeness (QED) is 0.760. The summed E-state index contributed by atoms with van der Waals surface area (Å²) < 4.78 is 6.07. The van der Waals surface area contributed by atoms with E-state index in [-0.39, 0.29) is 11.9 Å². The maximum Gasteiger partial charge on any atom is 0.249 e. The third-order valence-corrected chi connectivity index (χ3v) is 6.15. The zero-order valence-electron chi connectivity index (χ0n) is 15.3. The summed E-state index contributed by atoms with van der Waals surface area (Å²) in [5.74, 6) is 1.24. The van der Waals surface area contributed by atoms with Crippen LogP contribution in [0.4, 0.5) is 5.69 Å². The van der Waals surface area contributed by atoms with Crippen molar-refractivity contribution in [1.82, 2.24) is 10.6 Å². The zero-order valence-corrected chi connectivity index (χ0v) is 15.3. The Kier molecular flexibility index (Phi) is 4.61. The van der Waals surface area contributed by atoms with E-state index in [9.17, 15) is 9.59 Å². The summed E-state index contributed by atoms with van der Waals surface area (Å²) in [4.78, 5) is 25.3. The lowest BCUT2D eigenvalue weighted by Crippen LogP contribution is -2.59. The topological polar surface area (TPSA) is 70.7 Å². The largest absolute Gasteiger partial charge is 0.489 e. The van der Waals surface area contributed by atoms with Crippen LogP contribution >= 0.6 is 0 Å². The minimum atomic E-state index is -0.341. The first-order valence-corrected chi connectivity index (χ1v) is 9.64. The lowest BCUT2D eigenvalue weighted by atomic mass is 9.57. The smallest absolute Gasteiger partial charge is 0.249 e. The molecule has 140 valence electrons. The van der Waals surface area contributed by atoms with E-state index in [2.05, 4.69) is 34.6 Å². The van der Waals surface area contributed by atoms with Crippen molar-refractivity contribution in [3.8, 4) is 5.75 Å². The van der Waals surface area contributed by atoms with Crippen LogP contribution in [-0.2, 0) is 9.59 Å². The number of hydrogen-bond acceptors (Lipinski definition) is 5. The number of nitrogens with one attached hydrogen (secondary N) is 2. The Balaban J connectivity index is 1.60. The number of rotatable bonds is 6. The molecule has 0 radical (unpaired) electrons. The molecular weight excluding hydrogens is 330 g/mol. The van der Waals surface area contributed by atoms with E-state index in [1.54, 1.807) is 0 Å². The number of fused-ring (bicyclic) bond motifs is 1. The minimum Gasteiger partial charge on any atom is -0.489 e. The molecule has 2 N–H and O–H groups in total. The molecule has 2 fully saturated rings. The maximum atomic E-state index is 12.4. The predicted molar refractivity (Wildman–Crippen MR) is 99.5 cm³/mol. The zero-order chi connectivity index (χ0) is 18.1. The SMILES string of the molecule is CCCC(C(=O)NC=O)N1CCOc2c(C3CC4(CNC4)C3)cccc21. The standard InChI is InChI=1S/C20H27N3O3/c1-2-4-17(19(25)22-13-24)23-7-8-26-18-15(5-3-6-16(18)23)14-9-20(10-14)11-21-12-20/h3,5-6,13-14,17,21H,2,4,7-12H2,1H3,(H,22,24,25). The van der Waals surface area contributed by atoms with Crippen molar-refractivity contribution >= 4 is 18.0 Å². The third kappa shape index (κ3) is 2.86. The molecule has 1 saturated heterocycles. The van der Waals surface area contributed by atoms with Gasteiger partial charge in [-0.1, -0.05) is 25.5 Å². The Bertz CT molecular complexity index is 694. The molecule has 0 aromatic heterocycles. The lowest BCUT2D eigenvalue weighted by Gasteiger charge is -2.55. The van der Waals surface area contributed by atoms with Gasteiger partial charge in [0.1, 0.15) is 18.4 Å².